The van der Waals surface area contributed by atoms with Crippen molar-refractivity contribution >= 4 is 22.4 Å². The van der Waals surface area contributed by atoms with Crippen LogP contribution in [-0.2, 0) is 5.41 Å². The van der Waals surface area contributed by atoms with Crippen molar-refractivity contribution in [1.29, 1.82) is 0 Å². The molecule has 2 heteroatoms. The second-order valence-corrected chi connectivity index (χ2v) is 6.64. The molecular weight excluding hydrogens is 280 g/mol. The standard InChI is InChI=1S/C19H15ClO/c1-19(2)17-10-12(20)4-7-15(17)16-6-3-11-9-13(21)5-8-14(11)18(16)19/h3-10,21H,1-2H3. The average Bonchev–Trinajstić information content (AvgIpc) is 2.67. The smallest absolute Gasteiger partial charge is 0.116 e. The van der Waals surface area contributed by atoms with E-state index in [9.17, 15) is 5.11 Å². The van der Waals surface area contributed by atoms with Gasteiger partial charge in [0.15, 0.2) is 0 Å². The fraction of sp³-hybridized carbons (Fsp3) is 0.158. The van der Waals surface area contributed by atoms with Gasteiger partial charge in [-0.2, -0.15) is 0 Å². The minimum absolute atomic E-state index is 0.0912. The molecule has 0 aliphatic heterocycles. The predicted molar refractivity (Wildman–Crippen MR) is 88.2 cm³/mol. The first-order valence-corrected chi connectivity index (χ1v) is 7.43. The molecule has 0 spiro atoms. The summed E-state index contributed by atoms with van der Waals surface area (Å²) in [5.74, 6) is 0.304. The molecule has 0 unspecified atom stereocenters. The largest absolute Gasteiger partial charge is 0.508 e. The van der Waals surface area contributed by atoms with E-state index in [2.05, 4.69) is 38.1 Å². The summed E-state index contributed by atoms with van der Waals surface area (Å²) in [6, 6.07) is 16.0. The number of hydrogen-bond donors (Lipinski definition) is 1. The second-order valence-electron chi connectivity index (χ2n) is 6.21. The molecule has 0 atom stereocenters. The van der Waals surface area contributed by atoms with Gasteiger partial charge in [0.2, 0.25) is 0 Å². The van der Waals surface area contributed by atoms with Crippen LogP contribution in [0.3, 0.4) is 0 Å². The second kappa shape index (κ2) is 4.02. The summed E-state index contributed by atoms with van der Waals surface area (Å²) in [5.41, 5.74) is 5.02. The molecule has 104 valence electrons. The Morgan fingerprint density at radius 3 is 2.48 bits per heavy atom. The van der Waals surface area contributed by atoms with Crippen LogP contribution in [0.25, 0.3) is 21.9 Å². The van der Waals surface area contributed by atoms with Crippen LogP contribution in [0, 0.1) is 0 Å². The van der Waals surface area contributed by atoms with E-state index in [4.69, 9.17) is 11.6 Å². The van der Waals surface area contributed by atoms with Crippen molar-refractivity contribution in [3.8, 4) is 16.9 Å². The maximum atomic E-state index is 9.70. The molecule has 21 heavy (non-hydrogen) atoms. The van der Waals surface area contributed by atoms with E-state index < -0.39 is 0 Å². The molecule has 0 fully saturated rings. The van der Waals surface area contributed by atoms with Gasteiger partial charge in [0.1, 0.15) is 5.75 Å². The normalized spacial score (nSPS) is 15.0. The lowest BCUT2D eigenvalue weighted by Gasteiger charge is -2.23. The fourth-order valence-electron chi connectivity index (χ4n) is 3.62. The molecule has 1 N–H and O–H groups in total. The van der Waals surface area contributed by atoms with E-state index in [0.717, 1.165) is 10.4 Å². The number of fused-ring (bicyclic) bond motifs is 5. The van der Waals surface area contributed by atoms with Crippen LogP contribution >= 0.6 is 11.6 Å². The minimum Gasteiger partial charge on any atom is -0.508 e. The third-order valence-corrected chi connectivity index (χ3v) is 4.81. The van der Waals surface area contributed by atoms with Gasteiger partial charge in [-0.25, -0.2) is 0 Å². The first-order chi connectivity index (χ1) is 9.98. The Balaban J connectivity index is 2.14. The van der Waals surface area contributed by atoms with Gasteiger partial charge in [-0.05, 0) is 57.3 Å². The zero-order valence-corrected chi connectivity index (χ0v) is 12.7. The molecule has 1 aliphatic carbocycles. The highest BCUT2D eigenvalue weighted by atomic mass is 35.5. The van der Waals surface area contributed by atoms with Gasteiger partial charge in [-0.3, -0.25) is 0 Å². The van der Waals surface area contributed by atoms with Crippen LogP contribution in [0.5, 0.6) is 5.75 Å². The lowest BCUT2D eigenvalue weighted by Crippen LogP contribution is -2.15. The van der Waals surface area contributed by atoms with Crippen LogP contribution < -0.4 is 0 Å². The fourth-order valence-corrected chi connectivity index (χ4v) is 3.79. The van der Waals surface area contributed by atoms with Crippen molar-refractivity contribution in [3.63, 3.8) is 0 Å². The Kier molecular flexibility index (Phi) is 2.44. The quantitative estimate of drug-likeness (QED) is 0.580. The Hall–Kier alpha value is -1.99. The van der Waals surface area contributed by atoms with Gasteiger partial charge in [0.25, 0.3) is 0 Å². The molecule has 0 radical (unpaired) electrons. The summed E-state index contributed by atoms with van der Waals surface area (Å²) in [6.45, 7) is 4.47. The highest BCUT2D eigenvalue weighted by molar-refractivity contribution is 6.30. The summed E-state index contributed by atoms with van der Waals surface area (Å²) in [7, 11) is 0. The number of aromatic hydroxyl groups is 1. The maximum absolute atomic E-state index is 9.70. The molecule has 3 aromatic carbocycles. The van der Waals surface area contributed by atoms with Crippen molar-refractivity contribution in [2.45, 2.75) is 19.3 Å². The first-order valence-electron chi connectivity index (χ1n) is 7.05. The molecule has 0 saturated heterocycles. The topological polar surface area (TPSA) is 20.2 Å². The van der Waals surface area contributed by atoms with E-state index in [1.807, 2.05) is 18.2 Å². The molecule has 0 aromatic heterocycles. The number of hydrogen-bond acceptors (Lipinski definition) is 1. The summed E-state index contributed by atoms with van der Waals surface area (Å²) < 4.78 is 0. The molecular formula is C19H15ClO. The van der Waals surface area contributed by atoms with E-state index >= 15 is 0 Å². The lowest BCUT2D eigenvalue weighted by atomic mass is 9.80. The van der Waals surface area contributed by atoms with E-state index in [0.29, 0.717) is 5.75 Å². The Morgan fingerprint density at radius 2 is 1.67 bits per heavy atom. The van der Waals surface area contributed by atoms with Gasteiger partial charge in [-0.15, -0.1) is 0 Å². The minimum atomic E-state index is -0.0912. The van der Waals surface area contributed by atoms with Crippen molar-refractivity contribution < 1.29 is 5.11 Å². The van der Waals surface area contributed by atoms with Gasteiger partial charge >= 0.3 is 0 Å². The highest BCUT2D eigenvalue weighted by Gasteiger charge is 2.36. The Labute approximate surface area is 128 Å². The van der Waals surface area contributed by atoms with Gasteiger partial charge in [0.05, 0.1) is 0 Å². The summed E-state index contributed by atoms with van der Waals surface area (Å²) in [6.07, 6.45) is 0. The van der Waals surface area contributed by atoms with Gasteiger partial charge in [0, 0.05) is 10.4 Å². The number of phenolic OH excluding ortho intramolecular Hbond substituents is 1. The highest BCUT2D eigenvalue weighted by Crippen LogP contribution is 2.51. The molecule has 3 aromatic rings. The molecule has 0 heterocycles. The van der Waals surface area contributed by atoms with Crippen LogP contribution in [-0.4, -0.2) is 5.11 Å². The number of benzene rings is 3. The zero-order chi connectivity index (χ0) is 14.8. The van der Waals surface area contributed by atoms with E-state index in [1.54, 1.807) is 6.07 Å². The Bertz CT molecular complexity index is 893. The predicted octanol–water partition coefficient (Wildman–Crippen LogP) is 5.51. The molecule has 0 amide bonds. The summed E-state index contributed by atoms with van der Waals surface area (Å²) in [4.78, 5) is 0. The molecule has 1 aliphatic rings. The number of phenols is 1. The Morgan fingerprint density at radius 1 is 0.905 bits per heavy atom. The zero-order valence-electron chi connectivity index (χ0n) is 11.9. The summed E-state index contributed by atoms with van der Waals surface area (Å²) >= 11 is 6.20. The van der Waals surface area contributed by atoms with E-state index in [1.165, 1.54) is 27.6 Å². The van der Waals surface area contributed by atoms with Crippen molar-refractivity contribution in [2.75, 3.05) is 0 Å². The third kappa shape index (κ3) is 1.64. The maximum Gasteiger partial charge on any atom is 0.116 e. The summed E-state index contributed by atoms with van der Waals surface area (Å²) in [5, 5.41) is 12.7. The van der Waals surface area contributed by atoms with Crippen LogP contribution in [0.2, 0.25) is 5.02 Å². The third-order valence-electron chi connectivity index (χ3n) is 4.57. The van der Waals surface area contributed by atoms with Crippen molar-refractivity contribution in [2.24, 2.45) is 0 Å². The average molecular weight is 295 g/mol. The van der Waals surface area contributed by atoms with Crippen molar-refractivity contribution in [3.05, 3.63) is 64.7 Å². The molecule has 1 nitrogen and oxygen atoms in total. The van der Waals surface area contributed by atoms with Gasteiger partial charge < -0.3 is 5.11 Å². The van der Waals surface area contributed by atoms with E-state index in [-0.39, 0.29) is 5.41 Å². The molecule has 0 bridgehead atoms. The van der Waals surface area contributed by atoms with Crippen LogP contribution in [0.1, 0.15) is 25.0 Å². The SMILES string of the molecule is CC1(C)c2cc(Cl)ccc2-c2ccc3cc(O)ccc3c21. The number of halogens is 1. The molecule has 4 rings (SSSR count). The van der Waals surface area contributed by atoms with Crippen LogP contribution in [0.4, 0.5) is 0 Å². The number of rotatable bonds is 0. The van der Waals surface area contributed by atoms with Crippen LogP contribution in [0.15, 0.2) is 48.5 Å². The molecule has 0 saturated carbocycles. The van der Waals surface area contributed by atoms with Gasteiger partial charge in [-0.1, -0.05) is 49.7 Å². The first kappa shape index (κ1) is 12.7. The monoisotopic (exact) mass is 294 g/mol. The van der Waals surface area contributed by atoms with Crippen molar-refractivity contribution in [1.82, 2.24) is 0 Å². The lowest BCUT2D eigenvalue weighted by molar-refractivity contribution is 0.476.